The van der Waals surface area contributed by atoms with Crippen LogP contribution in [0, 0.1) is 6.92 Å². The monoisotopic (exact) mass is 276 g/mol. The summed E-state index contributed by atoms with van der Waals surface area (Å²) in [6.07, 6.45) is 0. The second-order valence-electron chi connectivity index (χ2n) is 5.35. The average molecular weight is 276 g/mol. The summed E-state index contributed by atoms with van der Waals surface area (Å²) >= 11 is 0. The molecule has 1 fully saturated rings. The number of rotatable bonds is 3. The summed E-state index contributed by atoms with van der Waals surface area (Å²) in [5.41, 5.74) is 2.01. The van der Waals surface area contributed by atoms with Crippen LogP contribution in [0.1, 0.15) is 12.5 Å². The fourth-order valence-electron chi connectivity index (χ4n) is 2.38. The fourth-order valence-corrected chi connectivity index (χ4v) is 2.38. The number of carbonyl (C=O) groups excluding carboxylic acids is 2. The molecule has 2 rings (SSSR count). The maximum absolute atomic E-state index is 12.0. The molecule has 5 nitrogen and oxygen atoms in total. The molecular weight excluding hydrogens is 254 g/mol. The smallest absolute Gasteiger partial charge is 0.279 e. The van der Waals surface area contributed by atoms with E-state index in [0.29, 0.717) is 6.54 Å². The first-order valence-corrected chi connectivity index (χ1v) is 7.00. The van der Waals surface area contributed by atoms with Crippen molar-refractivity contribution < 1.29 is 14.5 Å². The molecule has 0 spiro atoms. The maximum Gasteiger partial charge on any atom is 0.279 e. The van der Waals surface area contributed by atoms with Crippen LogP contribution in [0.3, 0.4) is 0 Å². The van der Waals surface area contributed by atoms with E-state index in [-0.39, 0.29) is 11.8 Å². The van der Waals surface area contributed by atoms with Crippen LogP contribution in [0.25, 0.3) is 0 Å². The Morgan fingerprint density at radius 3 is 2.35 bits per heavy atom. The van der Waals surface area contributed by atoms with Gasteiger partial charge < -0.3 is 15.1 Å². The van der Waals surface area contributed by atoms with Gasteiger partial charge in [0, 0.05) is 12.6 Å². The third kappa shape index (κ3) is 4.06. The number of benzene rings is 1. The first kappa shape index (κ1) is 14.5. The average Bonchev–Trinajstić information content (AvgIpc) is 2.42. The predicted molar refractivity (Wildman–Crippen MR) is 77.6 cm³/mol. The van der Waals surface area contributed by atoms with Gasteiger partial charge in [0.2, 0.25) is 5.91 Å². The quantitative estimate of drug-likeness (QED) is 0.795. The van der Waals surface area contributed by atoms with E-state index < -0.39 is 0 Å². The van der Waals surface area contributed by atoms with Crippen molar-refractivity contribution in [1.82, 2.24) is 4.90 Å². The van der Waals surface area contributed by atoms with Crippen LogP contribution in [0.2, 0.25) is 0 Å². The Morgan fingerprint density at radius 2 is 1.80 bits per heavy atom. The molecule has 1 aliphatic heterocycles. The van der Waals surface area contributed by atoms with E-state index in [1.165, 1.54) is 10.5 Å². The molecule has 0 aromatic heterocycles. The van der Waals surface area contributed by atoms with Crippen LogP contribution in [-0.4, -0.2) is 49.4 Å². The Morgan fingerprint density at radius 1 is 1.20 bits per heavy atom. The lowest BCUT2D eigenvalue weighted by Gasteiger charge is -2.31. The molecule has 108 valence electrons. The Bertz CT molecular complexity index is 476. The van der Waals surface area contributed by atoms with Crippen LogP contribution in [0.15, 0.2) is 24.3 Å². The minimum atomic E-state index is 0.0279. The molecule has 2 amide bonds. The van der Waals surface area contributed by atoms with E-state index in [1.807, 2.05) is 36.1 Å². The number of anilines is 1. The van der Waals surface area contributed by atoms with Crippen LogP contribution in [0.4, 0.5) is 5.69 Å². The fraction of sp³-hybridized carbons (Fsp3) is 0.467. The highest BCUT2D eigenvalue weighted by Crippen LogP contribution is 2.07. The Balaban J connectivity index is 1.78. The third-order valence-electron chi connectivity index (χ3n) is 3.66. The standard InChI is InChI=1S/C15H21N3O2/c1-12-3-5-14(6-4-12)16-15(20)11-17-7-9-18(10-8-17)13(2)19/h3-6H,7-11H2,1-2H3,(H,16,20)/p+1. The van der Waals surface area contributed by atoms with E-state index in [1.54, 1.807) is 6.92 Å². The summed E-state index contributed by atoms with van der Waals surface area (Å²) < 4.78 is 0. The van der Waals surface area contributed by atoms with Crippen LogP contribution in [0.5, 0.6) is 0 Å². The molecule has 5 heteroatoms. The number of carbonyl (C=O) groups is 2. The number of hydrogen-bond acceptors (Lipinski definition) is 2. The van der Waals surface area contributed by atoms with Crippen molar-refractivity contribution in [2.24, 2.45) is 0 Å². The van der Waals surface area contributed by atoms with Gasteiger partial charge in [-0.1, -0.05) is 17.7 Å². The van der Waals surface area contributed by atoms with Gasteiger partial charge in [-0.05, 0) is 19.1 Å². The SMILES string of the molecule is CC(=O)N1CC[NH+](CC(=O)Nc2ccc(C)cc2)CC1. The van der Waals surface area contributed by atoms with Gasteiger partial charge in [-0.25, -0.2) is 0 Å². The molecule has 1 aromatic rings. The minimum Gasteiger partial charge on any atom is -0.332 e. The number of quaternary nitrogens is 1. The Labute approximate surface area is 119 Å². The van der Waals surface area contributed by atoms with E-state index in [9.17, 15) is 9.59 Å². The normalized spacial score (nSPS) is 16.0. The molecule has 1 saturated heterocycles. The maximum atomic E-state index is 12.0. The summed E-state index contributed by atoms with van der Waals surface area (Å²) in [6.45, 7) is 7.21. The number of nitrogens with one attached hydrogen (secondary N) is 2. The van der Waals surface area contributed by atoms with Crippen molar-refractivity contribution in [2.75, 3.05) is 38.0 Å². The zero-order valence-electron chi connectivity index (χ0n) is 12.1. The van der Waals surface area contributed by atoms with Gasteiger partial charge in [0.05, 0.1) is 26.2 Å². The van der Waals surface area contributed by atoms with Crippen molar-refractivity contribution >= 4 is 17.5 Å². The molecule has 0 atom stereocenters. The van der Waals surface area contributed by atoms with E-state index in [4.69, 9.17) is 0 Å². The topological polar surface area (TPSA) is 53.9 Å². The van der Waals surface area contributed by atoms with E-state index in [2.05, 4.69) is 5.32 Å². The molecule has 2 N–H and O–H groups in total. The Kier molecular flexibility index (Phi) is 4.74. The van der Waals surface area contributed by atoms with Crippen molar-refractivity contribution in [2.45, 2.75) is 13.8 Å². The van der Waals surface area contributed by atoms with Gasteiger partial charge in [0.15, 0.2) is 6.54 Å². The van der Waals surface area contributed by atoms with Gasteiger partial charge in [-0.15, -0.1) is 0 Å². The van der Waals surface area contributed by atoms with Crippen LogP contribution < -0.4 is 10.2 Å². The van der Waals surface area contributed by atoms with Crippen molar-refractivity contribution in [1.29, 1.82) is 0 Å². The highest BCUT2D eigenvalue weighted by molar-refractivity contribution is 5.91. The lowest BCUT2D eigenvalue weighted by Crippen LogP contribution is -3.15. The lowest BCUT2D eigenvalue weighted by atomic mass is 10.2. The largest absolute Gasteiger partial charge is 0.332 e. The third-order valence-corrected chi connectivity index (χ3v) is 3.66. The summed E-state index contributed by atoms with van der Waals surface area (Å²) in [7, 11) is 0. The van der Waals surface area contributed by atoms with Crippen LogP contribution in [-0.2, 0) is 9.59 Å². The molecule has 0 radical (unpaired) electrons. The highest BCUT2D eigenvalue weighted by atomic mass is 16.2. The van der Waals surface area contributed by atoms with Gasteiger partial charge in [-0.2, -0.15) is 0 Å². The highest BCUT2D eigenvalue weighted by Gasteiger charge is 2.23. The summed E-state index contributed by atoms with van der Waals surface area (Å²) in [6, 6.07) is 7.79. The molecule has 20 heavy (non-hydrogen) atoms. The first-order valence-electron chi connectivity index (χ1n) is 7.00. The van der Waals surface area contributed by atoms with Gasteiger partial charge in [0.1, 0.15) is 0 Å². The number of hydrogen-bond donors (Lipinski definition) is 2. The second kappa shape index (κ2) is 6.52. The zero-order valence-corrected chi connectivity index (χ0v) is 12.1. The Hall–Kier alpha value is -1.88. The van der Waals surface area contributed by atoms with Crippen LogP contribution >= 0.6 is 0 Å². The van der Waals surface area contributed by atoms with Crippen molar-refractivity contribution in [3.05, 3.63) is 29.8 Å². The van der Waals surface area contributed by atoms with E-state index in [0.717, 1.165) is 31.9 Å². The van der Waals surface area contributed by atoms with Gasteiger partial charge in [0.25, 0.3) is 5.91 Å². The molecule has 0 unspecified atom stereocenters. The first-order chi connectivity index (χ1) is 9.54. The summed E-state index contributed by atoms with van der Waals surface area (Å²) in [4.78, 5) is 26.3. The summed E-state index contributed by atoms with van der Waals surface area (Å²) in [5, 5.41) is 2.91. The molecule has 1 aromatic carbocycles. The minimum absolute atomic E-state index is 0.0279. The molecule has 0 aliphatic carbocycles. The molecule has 0 saturated carbocycles. The number of piperazine rings is 1. The zero-order chi connectivity index (χ0) is 14.5. The van der Waals surface area contributed by atoms with Crippen molar-refractivity contribution in [3.8, 4) is 0 Å². The summed E-state index contributed by atoms with van der Waals surface area (Å²) in [5.74, 6) is 0.147. The van der Waals surface area contributed by atoms with Gasteiger partial charge >= 0.3 is 0 Å². The lowest BCUT2D eigenvalue weighted by molar-refractivity contribution is -0.895. The van der Waals surface area contributed by atoms with Gasteiger partial charge in [-0.3, -0.25) is 9.59 Å². The molecule has 0 bridgehead atoms. The molecule has 1 heterocycles. The number of nitrogens with zero attached hydrogens (tertiary/aromatic N) is 1. The molecule has 1 aliphatic rings. The number of aryl methyl sites for hydroxylation is 1. The number of amides is 2. The molecular formula is C15H22N3O2+. The van der Waals surface area contributed by atoms with Crippen molar-refractivity contribution in [3.63, 3.8) is 0 Å². The predicted octanol–water partition coefficient (Wildman–Crippen LogP) is -0.319. The second-order valence-corrected chi connectivity index (χ2v) is 5.35. The van der Waals surface area contributed by atoms with E-state index >= 15 is 0 Å².